The van der Waals surface area contributed by atoms with Crippen molar-refractivity contribution < 1.29 is 14.1 Å². The van der Waals surface area contributed by atoms with Crippen LogP contribution in [0.1, 0.15) is 21.8 Å². The molecule has 8 heteroatoms. The highest BCUT2D eigenvalue weighted by atomic mass is 16.5. The minimum atomic E-state index is -0.413. The smallest absolute Gasteiger partial charge is 0.316 e. The normalized spacial score (nSPS) is 10.9. The molecule has 0 atom stereocenters. The van der Waals surface area contributed by atoms with Crippen LogP contribution in [0.2, 0.25) is 0 Å². The predicted molar refractivity (Wildman–Crippen MR) is 123 cm³/mol. The lowest BCUT2D eigenvalue weighted by Gasteiger charge is -2.07. The molecule has 0 bridgehead atoms. The number of pyridine rings is 1. The Morgan fingerprint density at radius 1 is 1.09 bits per heavy atom. The van der Waals surface area contributed by atoms with Gasteiger partial charge in [0.05, 0.1) is 0 Å². The Bertz CT molecular complexity index is 1360. The van der Waals surface area contributed by atoms with Gasteiger partial charge in [-0.05, 0) is 47.9 Å². The second-order valence-electron chi connectivity index (χ2n) is 7.47. The predicted octanol–water partition coefficient (Wildman–Crippen LogP) is 4.16. The van der Waals surface area contributed by atoms with Gasteiger partial charge in [0, 0.05) is 41.6 Å². The molecule has 3 aromatic heterocycles. The van der Waals surface area contributed by atoms with Crippen LogP contribution in [0, 0.1) is 0 Å². The van der Waals surface area contributed by atoms with E-state index in [9.17, 15) is 4.79 Å². The van der Waals surface area contributed by atoms with Crippen LogP contribution in [-0.4, -0.2) is 32.6 Å². The summed E-state index contributed by atoms with van der Waals surface area (Å²) in [7, 11) is 0. The van der Waals surface area contributed by atoms with Crippen molar-refractivity contribution >= 4 is 16.8 Å². The first-order valence-electron chi connectivity index (χ1n) is 10.6. The van der Waals surface area contributed by atoms with E-state index in [1.54, 1.807) is 24.5 Å². The van der Waals surface area contributed by atoms with E-state index in [0.29, 0.717) is 31.0 Å². The van der Waals surface area contributed by atoms with Gasteiger partial charge in [0.1, 0.15) is 12.4 Å². The molecular weight excluding hydrogens is 418 g/mol. The fraction of sp³-hybridized carbons (Fsp3) is 0.120. The highest BCUT2D eigenvalue weighted by molar-refractivity contribution is 5.90. The number of benzene rings is 2. The van der Waals surface area contributed by atoms with Gasteiger partial charge in [-0.3, -0.25) is 9.78 Å². The second kappa shape index (κ2) is 9.35. The molecule has 8 nitrogen and oxygen atoms in total. The van der Waals surface area contributed by atoms with Gasteiger partial charge in [0.2, 0.25) is 5.82 Å². The Kier molecular flexibility index (Phi) is 5.79. The monoisotopic (exact) mass is 439 g/mol. The Hall–Kier alpha value is -4.46. The highest BCUT2D eigenvalue weighted by Gasteiger charge is 2.16. The van der Waals surface area contributed by atoms with Crippen molar-refractivity contribution in [3.05, 3.63) is 96.3 Å². The molecule has 0 fully saturated rings. The Morgan fingerprint density at radius 2 is 2.00 bits per heavy atom. The van der Waals surface area contributed by atoms with Crippen LogP contribution in [0.5, 0.6) is 5.75 Å². The van der Waals surface area contributed by atoms with Crippen LogP contribution in [0.25, 0.3) is 22.3 Å². The van der Waals surface area contributed by atoms with Crippen LogP contribution >= 0.6 is 0 Å². The summed E-state index contributed by atoms with van der Waals surface area (Å²) in [5, 5.41) is 7.74. The molecule has 0 saturated carbocycles. The van der Waals surface area contributed by atoms with Gasteiger partial charge in [-0.2, -0.15) is 4.98 Å². The van der Waals surface area contributed by atoms with E-state index in [0.717, 1.165) is 27.8 Å². The lowest BCUT2D eigenvalue weighted by molar-refractivity contribution is 0.0910. The molecule has 0 saturated heterocycles. The Labute approximate surface area is 189 Å². The van der Waals surface area contributed by atoms with E-state index in [1.807, 2.05) is 54.7 Å². The average Bonchev–Trinajstić information content (AvgIpc) is 3.52. The molecule has 0 unspecified atom stereocenters. The molecule has 0 aliphatic carbocycles. The molecule has 0 radical (unpaired) electrons. The van der Waals surface area contributed by atoms with Crippen molar-refractivity contribution in [2.45, 2.75) is 13.0 Å². The summed E-state index contributed by atoms with van der Waals surface area (Å²) in [6.45, 7) is 0.929. The molecule has 2 N–H and O–H groups in total. The SMILES string of the molecule is O=C(NCCc1c[nH]c2ccc(OCc3ccccc3)cc12)c1nc(-c2cccnc2)no1. The van der Waals surface area contributed by atoms with E-state index in [1.165, 1.54) is 0 Å². The van der Waals surface area contributed by atoms with Gasteiger partial charge in [-0.1, -0.05) is 35.5 Å². The molecule has 5 aromatic rings. The third-order valence-electron chi connectivity index (χ3n) is 5.21. The third-order valence-corrected chi connectivity index (χ3v) is 5.21. The summed E-state index contributed by atoms with van der Waals surface area (Å²) in [4.78, 5) is 23.8. The van der Waals surface area contributed by atoms with E-state index >= 15 is 0 Å². The molecule has 1 amide bonds. The minimum absolute atomic E-state index is 0.0793. The fourth-order valence-corrected chi connectivity index (χ4v) is 3.51. The number of nitrogens with zero attached hydrogens (tertiary/aromatic N) is 3. The molecule has 0 aliphatic rings. The number of aromatic amines is 1. The topological polar surface area (TPSA) is 106 Å². The second-order valence-corrected chi connectivity index (χ2v) is 7.47. The van der Waals surface area contributed by atoms with Crippen molar-refractivity contribution in [1.82, 2.24) is 25.4 Å². The maximum Gasteiger partial charge on any atom is 0.316 e. The van der Waals surface area contributed by atoms with Crippen molar-refractivity contribution in [3.63, 3.8) is 0 Å². The molecule has 3 heterocycles. The maximum atomic E-state index is 12.4. The summed E-state index contributed by atoms with van der Waals surface area (Å²) in [5.74, 6) is 0.631. The zero-order valence-electron chi connectivity index (χ0n) is 17.7. The Morgan fingerprint density at radius 3 is 2.85 bits per heavy atom. The zero-order chi connectivity index (χ0) is 22.5. The summed E-state index contributed by atoms with van der Waals surface area (Å²) < 4.78 is 11.0. The number of rotatable bonds is 8. The van der Waals surface area contributed by atoms with E-state index in [4.69, 9.17) is 9.26 Å². The van der Waals surface area contributed by atoms with Crippen LogP contribution in [0.15, 0.2) is 83.8 Å². The number of H-pyrrole nitrogens is 1. The first kappa shape index (κ1) is 20.4. The zero-order valence-corrected chi connectivity index (χ0v) is 17.7. The van der Waals surface area contributed by atoms with Crippen molar-refractivity contribution in [2.75, 3.05) is 6.54 Å². The Balaban J connectivity index is 1.20. The average molecular weight is 439 g/mol. The minimum Gasteiger partial charge on any atom is -0.489 e. The number of aromatic nitrogens is 4. The number of hydrogen-bond donors (Lipinski definition) is 2. The summed E-state index contributed by atoms with van der Waals surface area (Å²) >= 11 is 0. The fourth-order valence-electron chi connectivity index (χ4n) is 3.51. The first-order chi connectivity index (χ1) is 16.3. The number of hydrogen-bond acceptors (Lipinski definition) is 6. The lowest BCUT2D eigenvalue weighted by Crippen LogP contribution is -2.25. The van der Waals surface area contributed by atoms with Gasteiger partial charge in [0.15, 0.2) is 0 Å². The standard InChI is InChI=1S/C25H21N5O3/c31-24(25-29-23(30-33-25)19-7-4-11-26-14-19)27-12-10-18-15-28-22-9-8-20(13-21(18)22)32-16-17-5-2-1-3-6-17/h1-9,11,13-15,28H,10,12,16H2,(H,27,31). The summed E-state index contributed by atoms with van der Waals surface area (Å²) in [5.41, 5.74) is 3.89. The van der Waals surface area contributed by atoms with Crippen LogP contribution in [-0.2, 0) is 13.0 Å². The molecule has 2 aromatic carbocycles. The van der Waals surface area contributed by atoms with Gasteiger partial charge in [-0.25, -0.2) is 0 Å². The molecular formula is C25H21N5O3. The largest absolute Gasteiger partial charge is 0.489 e. The van der Waals surface area contributed by atoms with Crippen molar-refractivity contribution in [1.29, 1.82) is 0 Å². The summed E-state index contributed by atoms with van der Waals surface area (Å²) in [6.07, 6.45) is 5.85. The van der Waals surface area contributed by atoms with Crippen molar-refractivity contribution in [3.8, 4) is 17.1 Å². The number of nitrogens with one attached hydrogen (secondary N) is 2. The number of fused-ring (bicyclic) bond motifs is 1. The van der Waals surface area contributed by atoms with Crippen LogP contribution in [0.3, 0.4) is 0 Å². The van der Waals surface area contributed by atoms with Gasteiger partial charge < -0.3 is 19.6 Å². The van der Waals surface area contributed by atoms with Gasteiger partial charge >= 0.3 is 11.8 Å². The molecule has 0 aliphatic heterocycles. The molecule has 164 valence electrons. The summed E-state index contributed by atoms with van der Waals surface area (Å²) in [6, 6.07) is 19.6. The first-order valence-corrected chi connectivity index (χ1v) is 10.6. The number of carbonyl (C=O) groups is 1. The van der Waals surface area contributed by atoms with Crippen molar-refractivity contribution in [2.24, 2.45) is 0 Å². The highest BCUT2D eigenvalue weighted by Crippen LogP contribution is 2.25. The van der Waals surface area contributed by atoms with E-state index in [2.05, 4.69) is 25.4 Å². The van der Waals surface area contributed by atoms with Crippen LogP contribution in [0.4, 0.5) is 0 Å². The van der Waals surface area contributed by atoms with Gasteiger partial charge in [-0.15, -0.1) is 0 Å². The lowest BCUT2D eigenvalue weighted by atomic mass is 10.1. The van der Waals surface area contributed by atoms with E-state index in [-0.39, 0.29) is 5.89 Å². The number of amides is 1. The number of carbonyl (C=O) groups excluding carboxylic acids is 1. The number of ether oxygens (including phenoxy) is 1. The molecule has 5 rings (SSSR count). The third kappa shape index (κ3) is 4.74. The van der Waals surface area contributed by atoms with Gasteiger partial charge in [0.25, 0.3) is 0 Å². The van der Waals surface area contributed by atoms with E-state index < -0.39 is 5.91 Å². The quantitative estimate of drug-likeness (QED) is 0.376. The molecule has 0 spiro atoms. The molecule has 33 heavy (non-hydrogen) atoms. The maximum absolute atomic E-state index is 12.4. The van der Waals surface area contributed by atoms with Crippen LogP contribution < -0.4 is 10.1 Å².